The molecular formula is C10H20N2O4. The van der Waals surface area contributed by atoms with Crippen LogP contribution in [-0.2, 0) is 4.74 Å². The van der Waals surface area contributed by atoms with Crippen LogP contribution < -0.4 is 5.32 Å². The Hall–Kier alpha value is -1.33. The number of nitrogens with zero attached hydrogens (tertiary/aromatic N) is 1. The Bertz CT molecular complexity index is 258. The summed E-state index contributed by atoms with van der Waals surface area (Å²) in [6.07, 6.45) is -0.618. The van der Waals surface area contributed by atoms with E-state index in [-0.39, 0.29) is 12.5 Å². The van der Waals surface area contributed by atoms with E-state index in [0.717, 1.165) is 0 Å². The van der Waals surface area contributed by atoms with Crippen molar-refractivity contribution in [1.82, 2.24) is 5.32 Å². The molecule has 0 saturated carbocycles. The van der Waals surface area contributed by atoms with Crippen LogP contribution in [0.5, 0.6) is 0 Å². The highest BCUT2D eigenvalue weighted by atomic mass is 16.6. The van der Waals surface area contributed by atoms with E-state index >= 15 is 0 Å². The van der Waals surface area contributed by atoms with Crippen molar-refractivity contribution >= 4 is 6.09 Å². The van der Waals surface area contributed by atoms with Gasteiger partial charge in [0.2, 0.25) is 6.54 Å². The summed E-state index contributed by atoms with van der Waals surface area (Å²) >= 11 is 0. The van der Waals surface area contributed by atoms with Crippen LogP contribution in [0, 0.1) is 16.0 Å². The predicted molar refractivity (Wildman–Crippen MR) is 59.9 cm³/mol. The molecule has 94 valence electrons. The van der Waals surface area contributed by atoms with E-state index in [1.807, 2.05) is 13.8 Å². The van der Waals surface area contributed by atoms with Gasteiger partial charge in [-0.3, -0.25) is 10.1 Å². The molecule has 0 rings (SSSR count). The van der Waals surface area contributed by atoms with Gasteiger partial charge in [-0.2, -0.15) is 0 Å². The number of carbonyl (C=O) groups excluding carboxylic acids is 1. The number of ether oxygens (including phenoxy) is 1. The number of carbonyl (C=O) groups is 1. The van der Waals surface area contributed by atoms with Crippen LogP contribution in [-0.4, -0.2) is 29.2 Å². The van der Waals surface area contributed by atoms with Gasteiger partial charge in [0.1, 0.15) is 5.60 Å². The van der Waals surface area contributed by atoms with E-state index in [1.54, 1.807) is 20.8 Å². The smallest absolute Gasteiger partial charge is 0.408 e. The highest BCUT2D eigenvalue weighted by Gasteiger charge is 2.24. The Morgan fingerprint density at radius 1 is 1.44 bits per heavy atom. The summed E-state index contributed by atoms with van der Waals surface area (Å²) in [6.45, 7) is 8.55. The second-order valence-electron chi connectivity index (χ2n) is 5.01. The third-order valence-corrected chi connectivity index (χ3v) is 1.85. The van der Waals surface area contributed by atoms with E-state index in [9.17, 15) is 14.9 Å². The standard InChI is InChI=1S/C10H20N2O4/c1-7(2)8(6-12(14)15)11-9(13)16-10(3,4)5/h7-8H,6H2,1-5H3,(H,11,13)/t8-/m0/s1. The molecule has 16 heavy (non-hydrogen) atoms. The topological polar surface area (TPSA) is 81.5 Å². The molecule has 0 bridgehead atoms. The lowest BCUT2D eigenvalue weighted by molar-refractivity contribution is -0.484. The van der Waals surface area contributed by atoms with Gasteiger partial charge in [0.05, 0.1) is 6.04 Å². The SMILES string of the molecule is CC(C)[C@H](C[N+](=O)[O-])NC(=O)OC(C)(C)C. The Morgan fingerprint density at radius 3 is 2.25 bits per heavy atom. The van der Waals surface area contributed by atoms with Crippen LogP contribution >= 0.6 is 0 Å². The van der Waals surface area contributed by atoms with E-state index in [0.29, 0.717) is 0 Å². The summed E-state index contributed by atoms with van der Waals surface area (Å²) in [5.74, 6) is -0.0158. The highest BCUT2D eigenvalue weighted by Crippen LogP contribution is 2.08. The Morgan fingerprint density at radius 2 is 1.94 bits per heavy atom. The van der Waals surface area contributed by atoms with Gasteiger partial charge in [-0.15, -0.1) is 0 Å². The number of alkyl carbamates (subject to hydrolysis) is 1. The summed E-state index contributed by atoms with van der Waals surface area (Å²) in [4.78, 5) is 21.4. The van der Waals surface area contributed by atoms with Gasteiger partial charge in [-0.1, -0.05) is 13.8 Å². The third-order valence-electron chi connectivity index (χ3n) is 1.85. The van der Waals surface area contributed by atoms with Gasteiger partial charge in [-0.25, -0.2) is 4.79 Å². The molecule has 0 spiro atoms. The van der Waals surface area contributed by atoms with Crippen molar-refractivity contribution in [1.29, 1.82) is 0 Å². The van der Waals surface area contributed by atoms with Crippen molar-refractivity contribution in [3.63, 3.8) is 0 Å². The molecule has 1 amide bonds. The second-order valence-corrected chi connectivity index (χ2v) is 5.01. The molecule has 6 heteroatoms. The molecule has 0 aromatic carbocycles. The molecule has 6 nitrogen and oxygen atoms in total. The number of nitrogens with one attached hydrogen (secondary N) is 1. The summed E-state index contributed by atoms with van der Waals surface area (Å²) in [7, 11) is 0. The largest absolute Gasteiger partial charge is 0.444 e. The lowest BCUT2D eigenvalue weighted by atomic mass is 10.1. The van der Waals surface area contributed by atoms with Crippen molar-refractivity contribution in [2.45, 2.75) is 46.3 Å². The number of hydrogen-bond acceptors (Lipinski definition) is 4. The zero-order valence-corrected chi connectivity index (χ0v) is 10.4. The summed E-state index contributed by atoms with van der Waals surface area (Å²) < 4.78 is 5.03. The lowest BCUT2D eigenvalue weighted by Gasteiger charge is -2.23. The minimum Gasteiger partial charge on any atom is -0.444 e. The van der Waals surface area contributed by atoms with Crippen LogP contribution in [0.3, 0.4) is 0 Å². The highest BCUT2D eigenvalue weighted by molar-refractivity contribution is 5.68. The molecule has 0 fully saturated rings. The predicted octanol–water partition coefficient (Wildman–Crippen LogP) is 1.81. The van der Waals surface area contributed by atoms with Gasteiger partial charge in [-0.05, 0) is 26.7 Å². The maximum atomic E-state index is 11.4. The second kappa shape index (κ2) is 5.67. The summed E-state index contributed by atoms with van der Waals surface area (Å²) in [6, 6.07) is -0.509. The van der Waals surface area contributed by atoms with Crippen molar-refractivity contribution < 1.29 is 14.5 Å². The molecule has 0 saturated heterocycles. The number of hydrogen-bond donors (Lipinski definition) is 1. The average molecular weight is 232 g/mol. The normalized spacial score (nSPS) is 13.4. The van der Waals surface area contributed by atoms with Crippen molar-refractivity contribution in [3.8, 4) is 0 Å². The van der Waals surface area contributed by atoms with Crippen LogP contribution in [0.4, 0.5) is 4.79 Å². The minimum atomic E-state index is -0.618. The Balaban J connectivity index is 4.30. The first kappa shape index (κ1) is 14.7. The van der Waals surface area contributed by atoms with Crippen LogP contribution in [0.1, 0.15) is 34.6 Å². The average Bonchev–Trinajstić information content (AvgIpc) is 1.97. The molecule has 0 radical (unpaired) electrons. The molecule has 0 heterocycles. The monoisotopic (exact) mass is 232 g/mol. The first-order valence-electron chi connectivity index (χ1n) is 5.23. The fourth-order valence-electron chi connectivity index (χ4n) is 1.04. The van der Waals surface area contributed by atoms with Crippen molar-refractivity contribution in [3.05, 3.63) is 10.1 Å². The zero-order valence-electron chi connectivity index (χ0n) is 10.4. The van der Waals surface area contributed by atoms with Crippen molar-refractivity contribution in [2.24, 2.45) is 5.92 Å². The maximum Gasteiger partial charge on any atom is 0.408 e. The van der Waals surface area contributed by atoms with Crippen LogP contribution in [0.25, 0.3) is 0 Å². The number of rotatable bonds is 4. The van der Waals surface area contributed by atoms with E-state index in [1.165, 1.54) is 0 Å². The van der Waals surface area contributed by atoms with E-state index < -0.39 is 22.7 Å². The molecule has 0 aromatic heterocycles. The molecule has 0 aliphatic rings. The number of amides is 1. The molecule has 0 aromatic rings. The van der Waals surface area contributed by atoms with Crippen LogP contribution in [0.2, 0.25) is 0 Å². The Labute approximate surface area is 95.5 Å². The first-order chi connectivity index (χ1) is 7.11. The van der Waals surface area contributed by atoms with Gasteiger partial charge >= 0.3 is 6.09 Å². The van der Waals surface area contributed by atoms with Gasteiger partial charge in [0, 0.05) is 4.92 Å². The lowest BCUT2D eigenvalue weighted by Crippen LogP contribution is -2.45. The van der Waals surface area contributed by atoms with Crippen LogP contribution in [0.15, 0.2) is 0 Å². The van der Waals surface area contributed by atoms with E-state index in [2.05, 4.69) is 5.32 Å². The summed E-state index contributed by atoms with van der Waals surface area (Å²) in [5.41, 5.74) is -0.597. The fourth-order valence-corrected chi connectivity index (χ4v) is 1.04. The van der Waals surface area contributed by atoms with Gasteiger partial charge in [0.15, 0.2) is 0 Å². The zero-order chi connectivity index (χ0) is 12.9. The molecular weight excluding hydrogens is 212 g/mol. The molecule has 0 aliphatic carbocycles. The molecule has 0 unspecified atom stereocenters. The first-order valence-corrected chi connectivity index (χ1v) is 5.23. The summed E-state index contributed by atoms with van der Waals surface area (Å²) in [5, 5.41) is 12.9. The fraction of sp³-hybridized carbons (Fsp3) is 0.900. The van der Waals surface area contributed by atoms with E-state index in [4.69, 9.17) is 4.74 Å². The van der Waals surface area contributed by atoms with Gasteiger partial charge < -0.3 is 10.1 Å². The maximum absolute atomic E-state index is 11.4. The Kier molecular flexibility index (Phi) is 5.20. The van der Waals surface area contributed by atoms with Gasteiger partial charge in [0.25, 0.3) is 0 Å². The molecule has 1 N–H and O–H groups in total. The third kappa shape index (κ3) is 7.03. The molecule has 0 aliphatic heterocycles. The minimum absolute atomic E-state index is 0.0158. The quantitative estimate of drug-likeness (QED) is 0.592. The molecule has 1 atom stereocenters. The van der Waals surface area contributed by atoms with Crippen molar-refractivity contribution in [2.75, 3.05) is 6.54 Å². The number of nitro groups is 1.